The average Bonchev–Trinajstić information content (AvgIpc) is 3.34. The van der Waals surface area contributed by atoms with Crippen LogP contribution in [0.25, 0.3) is 11.1 Å². The summed E-state index contributed by atoms with van der Waals surface area (Å²) in [5.74, 6) is 0. The predicted octanol–water partition coefficient (Wildman–Crippen LogP) is 0.0414. The molecular weight excluding hydrogens is 450 g/mol. The quantitative estimate of drug-likeness (QED) is 0.404. The van der Waals surface area contributed by atoms with E-state index in [4.69, 9.17) is 0 Å². The molecule has 0 heterocycles. The van der Waals surface area contributed by atoms with Gasteiger partial charge in [-0.25, -0.2) is 12.2 Å². The Bertz CT molecular complexity index is 716. The number of hydrogen-bond acceptors (Lipinski definition) is 0. The van der Waals surface area contributed by atoms with Crippen molar-refractivity contribution in [2.24, 2.45) is 0 Å². The first-order valence-corrected chi connectivity index (χ1v) is 10.4. The van der Waals surface area contributed by atoms with E-state index in [1.807, 2.05) is 18.2 Å². The minimum atomic E-state index is 0. The number of rotatable bonds is 0. The van der Waals surface area contributed by atoms with E-state index in [1.165, 1.54) is 54.4 Å². The molecule has 3 aliphatic carbocycles. The maximum atomic E-state index is 3.30. The van der Waals surface area contributed by atoms with Crippen LogP contribution in [-0.2, 0) is 30.7 Å². The molecule has 3 heteroatoms. The largest absolute Gasteiger partial charge is 0.179 e. The SMILES string of the molecule is [C-]1=CC=CC1.[Cl-].[Cl-].[Zr+2]=[C]1CCCCC1.[c-]1cccc2c1Cc1ccccc1-2. The second-order valence-corrected chi connectivity index (χ2v) is 8.30. The first kappa shape index (κ1) is 24.3. The van der Waals surface area contributed by atoms with E-state index in [1.54, 1.807) is 27.4 Å². The standard InChI is InChI=1S/C13H9.C6H10.C5H5.2ClH.Zr/c1-3-7-12-10(5-1)9-11-6-2-4-8-13(11)12;1-2-4-6-5-3-1;1-2-4-5-3-1;;;/h1-5,7-8H,9H2;1-5H2;1-3H,4H2;2*1H;/q-1;;-1;;;+2/p-2. The van der Waals surface area contributed by atoms with Crippen LogP contribution >= 0.6 is 0 Å². The van der Waals surface area contributed by atoms with Gasteiger partial charge in [0.2, 0.25) is 0 Å². The predicted molar refractivity (Wildman–Crippen MR) is 103 cm³/mol. The Balaban J connectivity index is 0.000000223. The summed E-state index contributed by atoms with van der Waals surface area (Å²) < 4.78 is 1.80. The van der Waals surface area contributed by atoms with E-state index in [2.05, 4.69) is 54.6 Å². The summed E-state index contributed by atoms with van der Waals surface area (Å²) in [7, 11) is 0. The van der Waals surface area contributed by atoms with Crippen LogP contribution in [0.15, 0.2) is 60.7 Å². The molecule has 2 aromatic rings. The van der Waals surface area contributed by atoms with Crippen molar-refractivity contribution in [3.05, 3.63) is 84.0 Å². The molecule has 0 aromatic heterocycles. The van der Waals surface area contributed by atoms with Crippen molar-refractivity contribution in [2.75, 3.05) is 0 Å². The molecule has 0 aliphatic heterocycles. The molecule has 0 nitrogen and oxygen atoms in total. The molecule has 0 atom stereocenters. The van der Waals surface area contributed by atoms with Crippen molar-refractivity contribution in [1.29, 1.82) is 0 Å². The molecule has 0 unspecified atom stereocenters. The van der Waals surface area contributed by atoms with Gasteiger partial charge in [0.25, 0.3) is 0 Å². The molecular formula is C24H24Cl2Zr-2. The Kier molecular flexibility index (Phi) is 12.1. The monoisotopic (exact) mass is 472 g/mol. The van der Waals surface area contributed by atoms with Gasteiger partial charge in [-0.2, -0.15) is 35.9 Å². The minimum absolute atomic E-state index is 0. The average molecular weight is 475 g/mol. The molecule has 0 spiro atoms. The molecule has 1 saturated carbocycles. The van der Waals surface area contributed by atoms with Gasteiger partial charge < -0.3 is 24.8 Å². The smallest absolute Gasteiger partial charge is 0.0253 e. The fourth-order valence-electron chi connectivity index (χ4n) is 3.32. The van der Waals surface area contributed by atoms with Gasteiger partial charge in [0.15, 0.2) is 0 Å². The Labute approximate surface area is 191 Å². The van der Waals surface area contributed by atoms with Crippen molar-refractivity contribution < 1.29 is 49.0 Å². The van der Waals surface area contributed by atoms with Gasteiger partial charge in [-0.1, -0.05) is 35.4 Å². The zero-order chi connectivity index (χ0) is 17.3. The van der Waals surface area contributed by atoms with Crippen LogP contribution in [0.3, 0.4) is 0 Å². The van der Waals surface area contributed by atoms with Gasteiger partial charge in [-0.15, -0.1) is 12.0 Å². The summed E-state index contributed by atoms with van der Waals surface area (Å²) >= 11 is 1.69. The van der Waals surface area contributed by atoms with Gasteiger partial charge in [-0.05, 0) is 6.42 Å². The number of benzene rings is 2. The maximum Gasteiger partial charge on any atom is -0.0253 e. The van der Waals surface area contributed by atoms with Gasteiger partial charge >= 0.3 is 59.5 Å². The maximum absolute atomic E-state index is 3.30. The van der Waals surface area contributed by atoms with Crippen LogP contribution in [0.5, 0.6) is 0 Å². The zero-order valence-electron chi connectivity index (χ0n) is 15.5. The van der Waals surface area contributed by atoms with Crippen LogP contribution in [0.2, 0.25) is 0 Å². The first-order chi connectivity index (χ1) is 12.3. The molecule has 1 fully saturated rings. The van der Waals surface area contributed by atoms with Crippen molar-refractivity contribution in [1.82, 2.24) is 0 Å². The van der Waals surface area contributed by atoms with Gasteiger partial charge in [0, 0.05) is 0 Å². The molecule has 0 bridgehead atoms. The molecule has 0 amide bonds. The van der Waals surface area contributed by atoms with Gasteiger partial charge in [-0.3, -0.25) is 6.08 Å². The van der Waals surface area contributed by atoms with Crippen LogP contribution < -0.4 is 24.8 Å². The summed E-state index contributed by atoms with van der Waals surface area (Å²) in [6.07, 6.45) is 18.4. The fraction of sp³-hybridized carbons (Fsp3) is 0.292. The van der Waals surface area contributed by atoms with Crippen LogP contribution in [0, 0.1) is 12.1 Å². The normalized spacial score (nSPS) is 15.1. The second-order valence-electron chi connectivity index (χ2n) is 6.56. The van der Waals surface area contributed by atoms with Crippen LogP contribution in [0.4, 0.5) is 0 Å². The molecule has 3 aliphatic rings. The number of hydrogen-bond donors (Lipinski definition) is 0. The Morgan fingerprint density at radius 1 is 0.852 bits per heavy atom. The van der Waals surface area contributed by atoms with Crippen LogP contribution in [0.1, 0.15) is 49.7 Å². The van der Waals surface area contributed by atoms with Crippen molar-refractivity contribution >= 4 is 3.21 Å². The fourth-order valence-corrected chi connectivity index (χ4v) is 4.19. The number of allylic oxidation sites excluding steroid dienone is 4. The third-order valence-corrected chi connectivity index (χ3v) is 5.89. The third-order valence-electron chi connectivity index (χ3n) is 4.66. The van der Waals surface area contributed by atoms with Crippen molar-refractivity contribution in [3.8, 4) is 11.1 Å². The first-order valence-electron chi connectivity index (χ1n) is 9.20. The minimum Gasteiger partial charge on any atom is -0.179 e. The van der Waals surface area contributed by atoms with Crippen LogP contribution in [-0.4, -0.2) is 3.21 Å². The van der Waals surface area contributed by atoms with Gasteiger partial charge in [0.1, 0.15) is 0 Å². The molecule has 140 valence electrons. The second kappa shape index (κ2) is 13.4. The van der Waals surface area contributed by atoms with E-state index < -0.39 is 0 Å². The van der Waals surface area contributed by atoms with E-state index >= 15 is 0 Å². The summed E-state index contributed by atoms with van der Waals surface area (Å²) in [6.45, 7) is 0. The Hall–Kier alpha value is -0.747. The third kappa shape index (κ3) is 7.65. The van der Waals surface area contributed by atoms with E-state index in [9.17, 15) is 0 Å². The number of halogens is 2. The van der Waals surface area contributed by atoms with E-state index in [0.29, 0.717) is 0 Å². The Morgan fingerprint density at radius 2 is 1.59 bits per heavy atom. The van der Waals surface area contributed by atoms with Crippen molar-refractivity contribution in [3.63, 3.8) is 0 Å². The topological polar surface area (TPSA) is 0 Å². The van der Waals surface area contributed by atoms with Crippen molar-refractivity contribution in [2.45, 2.75) is 44.9 Å². The number of fused-ring (bicyclic) bond motifs is 3. The summed E-state index contributed by atoms with van der Waals surface area (Å²) in [5.41, 5.74) is 5.51. The summed E-state index contributed by atoms with van der Waals surface area (Å²) in [4.78, 5) is 0. The summed E-state index contributed by atoms with van der Waals surface area (Å²) in [6, 6.07) is 18.1. The molecule has 0 radical (unpaired) electrons. The molecule has 2 aromatic carbocycles. The van der Waals surface area contributed by atoms with E-state index in [0.717, 1.165) is 12.8 Å². The Morgan fingerprint density at radius 3 is 2.19 bits per heavy atom. The molecule has 0 N–H and O–H groups in total. The zero-order valence-corrected chi connectivity index (χ0v) is 19.4. The summed E-state index contributed by atoms with van der Waals surface area (Å²) in [5, 5.41) is 0. The molecule has 27 heavy (non-hydrogen) atoms. The molecule has 0 saturated heterocycles. The van der Waals surface area contributed by atoms with E-state index in [-0.39, 0.29) is 24.8 Å². The van der Waals surface area contributed by atoms with Gasteiger partial charge in [0.05, 0.1) is 0 Å². The molecule has 5 rings (SSSR count).